The smallest absolute Gasteiger partial charge is 0.328 e. The van der Waals surface area contributed by atoms with E-state index in [0.29, 0.717) is 5.57 Å². The molecule has 0 atom stereocenters. The quantitative estimate of drug-likeness (QED) is 0.292. The van der Waals surface area contributed by atoms with E-state index in [1.165, 1.54) is 27.6 Å². The van der Waals surface area contributed by atoms with Crippen LogP contribution in [0.3, 0.4) is 0 Å². The van der Waals surface area contributed by atoms with E-state index in [0.717, 1.165) is 6.16 Å². The summed E-state index contributed by atoms with van der Waals surface area (Å²) in [6, 6.07) is 32.4. The van der Waals surface area contributed by atoms with E-state index < -0.39 is 13.2 Å². The highest BCUT2D eigenvalue weighted by atomic mass is 31.2. The molecule has 0 heterocycles. The van der Waals surface area contributed by atoms with Gasteiger partial charge in [0, 0.05) is 6.08 Å². The van der Waals surface area contributed by atoms with Crippen molar-refractivity contribution in [3.63, 3.8) is 0 Å². The van der Waals surface area contributed by atoms with Crippen molar-refractivity contribution in [2.75, 3.05) is 6.16 Å². The highest BCUT2D eigenvalue weighted by Crippen LogP contribution is 2.56. The zero-order valence-electron chi connectivity index (χ0n) is 18.0. The molecule has 0 aromatic heterocycles. The van der Waals surface area contributed by atoms with Crippen LogP contribution in [-0.2, 0) is 4.79 Å². The molecule has 0 spiro atoms. The van der Waals surface area contributed by atoms with Crippen LogP contribution in [0.2, 0.25) is 0 Å². The fraction of sp³-hybridized carbons (Fsp3) is 0.107. The minimum atomic E-state index is -1.91. The Bertz CT molecular complexity index is 985. The Morgan fingerprint density at radius 1 is 0.774 bits per heavy atom. The van der Waals surface area contributed by atoms with Crippen LogP contribution in [-0.4, -0.2) is 17.2 Å². The van der Waals surface area contributed by atoms with Gasteiger partial charge in [-0.1, -0.05) is 72.8 Å². The molecule has 1 N–H and O–H groups in total. The molecule has 0 saturated heterocycles. The van der Waals surface area contributed by atoms with Gasteiger partial charge in [-0.2, -0.15) is 0 Å². The fourth-order valence-corrected chi connectivity index (χ4v) is 8.14. The number of hydrogen-bond acceptors (Lipinski definition) is 1. The summed E-state index contributed by atoms with van der Waals surface area (Å²) in [4.78, 5) is 10.8. The van der Waals surface area contributed by atoms with Crippen LogP contribution in [0.1, 0.15) is 13.8 Å². The second kappa shape index (κ2) is 10.7. The van der Waals surface area contributed by atoms with Crippen LogP contribution in [0.4, 0.5) is 0 Å². The highest BCUT2D eigenvalue weighted by Gasteiger charge is 2.45. The van der Waals surface area contributed by atoms with E-state index in [4.69, 9.17) is 5.11 Å². The molecule has 0 unspecified atom stereocenters. The third kappa shape index (κ3) is 5.69. The van der Waals surface area contributed by atoms with Gasteiger partial charge in [0.25, 0.3) is 0 Å². The predicted octanol–water partition coefficient (Wildman–Crippen LogP) is 5.51. The maximum Gasteiger partial charge on any atom is 0.328 e. The fourth-order valence-electron chi connectivity index (χ4n) is 3.80. The molecule has 3 heteroatoms. The maximum absolute atomic E-state index is 10.8. The molecule has 31 heavy (non-hydrogen) atoms. The molecule has 3 aromatic rings. The molecule has 0 amide bonds. The van der Waals surface area contributed by atoms with E-state index in [1.807, 2.05) is 12.2 Å². The van der Waals surface area contributed by atoms with Crippen molar-refractivity contribution in [1.82, 2.24) is 0 Å². The summed E-state index contributed by atoms with van der Waals surface area (Å²) in [5.74, 6) is -0.926. The Balaban J connectivity index is 2.11. The van der Waals surface area contributed by atoms with E-state index in [-0.39, 0.29) is 0 Å². The number of carbonyl (C=O) groups is 1. The van der Waals surface area contributed by atoms with Crippen LogP contribution in [0, 0.1) is 0 Å². The average Bonchev–Trinajstić information content (AvgIpc) is 2.79. The summed E-state index contributed by atoms with van der Waals surface area (Å²) in [7, 11) is -1.91. The number of aliphatic carboxylic acids is 1. The first kappa shape index (κ1) is 22.5. The second-order valence-electron chi connectivity index (χ2n) is 7.57. The van der Waals surface area contributed by atoms with Crippen molar-refractivity contribution in [3.05, 3.63) is 126 Å². The Kier molecular flexibility index (Phi) is 7.76. The average molecular weight is 428 g/mol. The summed E-state index contributed by atoms with van der Waals surface area (Å²) in [6.07, 6.45) is 8.01. The van der Waals surface area contributed by atoms with Crippen molar-refractivity contribution >= 4 is 29.1 Å². The normalized spacial score (nSPS) is 12.8. The third-order valence-corrected chi connectivity index (χ3v) is 9.68. The van der Waals surface area contributed by atoms with Crippen LogP contribution < -0.4 is 15.9 Å². The molecule has 0 fully saturated rings. The van der Waals surface area contributed by atoms with Gasteiger partial charge < -0.3 is 5.11 Å². The minimum absolute atomic E-state index is 0.715. The molecule has 0 aliphatic rings. The second-order valence-corrected chi connectivity index (χ2v) is 11.1. The molecular weight excluding hydrogens is 399 g/mol. The maximum atomic E-state index is 10.8. The van der Waals surface area contributed by atoms with Gasteiger partial charge in [-0.25, -0.2) is 4.79 Å². The number of carboxylic acids is 1. The number of hydrogen-bond donors (Lipinski definition) is 1. The van der Waals surface area contributed by atoms with Gasteiger partial charge in [0.05, 0.1) is 6.16 Å². The van der Waals surface area contributed by atoms with Gasteiger partial charge in [-0.3, -0.25) is 0 Å². The Hall–Kier alpha value is -3.22. The molecule has 3 rings (SSSR count). The Morgan fingerprint density at radius 2 is 1.19 bits per heavy atom. The summed E-state index contributed by atoms with van der Waals surface area (Å²) in [5.41, 5.74) is 1.97. The van der Waals surface area contributed by atoms with Crippen LogP contribution in [0.5, 0.6) is 0 Å². The summed E-state index contributed by atoms with van der Waals surface area (Å²) in [5, 5.41) is 13.0. The van der Waals surface area contributed by atoms with Gasteiger partial charge in [-0.05, 0) is 61.4 Å². The zero-order chi connectivity index (χ0) is 22.1. The first-order valence-corrected chi connectivity index (χ1v) is 12.3. The number of allylic oxidation sites excluding steroid dienone is 5. The lowest BCUT2D eigenvalue weighted by atomic mass is 10.2. The summed E-state index contributed by atoms with van der Waals surface area (Å²) >= 11 is 0. The molecule has 3 aromatic carbocycles. The zero-order valence-corrected chi connectivity index (χ0v) is 18.9. The van der Waals surface area contributed by atoms with Crippen LogP contribution in [0.15, 0.2) is 126 Å². The Labute approximate surface area is 185 Å². The SMILES string of the molecule is CC(C=CC=C(C)C[P+](c1ccccc1)(c1ccccc1)c1ccccc1)=CC(=O)O. The number of rotatable bonds is 8. The van der Waals surface area contributed by atoms with Crippen LogP contribution >= 0.6 is 7.26 Å². The highest BCUT2D eigenvalue weighted by molar-refractivity contribution is 7.95. The number of benzene rings is 3. The summed E-state index contributed by atoms with van der Waals surface area (Å²) < 4.78 is 0. The van der Waals surface area contributed by atoms with Gasteiger partial charge in [0.1, 0.15) is 23.2 Å². The van der Waals surface area contributed by atoms with Gasteiger partial charge in [0.2, 0.25) is 0 Å². The molecule has 2 nitrogen and oxygen atoms in total. The number of carboxylic acid groups (broad SMARTS) is 1. The first-order chi connectivity index (χ1) is 15.0. The lowest BCUT2D eigenvalue weighted by molar-refractivity contribution is -0.131. The first-order valence-electron chi connectivity index (χ1n) is 10.3. The van der Waals surface area contributed by atoms with Crippen LogP contribution in [0.25, 0.3) is 0 Å². The third-order valence-electron chi connectivity index (χ3n) is 5.17. The molecule has 156 valence electrons. The minimum Gasteiger partial charge on any atom is -0.478 e. The van der Waals surface area contributed by atoms with E-state index in [9.17, 15) is 4.79 Å². The van der Waals surface area contributed by atoms with Crippen molar-refractivity contribution in [3.8, 4) is 0 Å². The molecule has 0 bridgehead atoms. The van der Waals surface area contributed by atoms with E-state index in [2.05, 4.69) is 104 Å². The standard InChI is InChI=1S/C28H27O2P/c1-23(21-28(29)30)13-12-14-24(2)22-31(25-15-6-3-7-16-25,26-17-8-4-9-18-26)27-19-10-5-11-20-27/h3-21H,22H2,1-2H3/p+1. The molecule has 0 radical (unpaired) electrons. The lowest BCUT2D eigenvalue weighted by Crippen LogP contribution is -2.33. The largest absolute Gasteiger partial charge is 0.478 e. The van der Waals surface area contributed by atoms with Crippen molar-refractivity contribution < 1.29 is 9.90 Å². The lowest BCUT2D eigenvalue weighted by Gasteiger charge is -2.28. The topological polar surface area (TPSA) is 37.3 Å². The molecule has 0 aliphatic carbocycles. The van der Waals surface area contributed by atoms with Gasteiger partial charge >= 0.3 is 5.97 Å². The van der Waals surface area contributed by atoms with Crippen molar-refractivity contribution in [1.29, 1.82) is 0 Å². The van der Waals surface area contributed by atoms with Gasteiger partial charge in [0.15, 0.2) is 0 Å². The van der Waals surface area contributed by atoms with Gasteiger partial charge in [-0.15, -0.1) is 0 Å². The Morgan fingerprint density at radius 3 is 1.58 bits per heavy atom. The van der Waals surface area contributed by atoms with Crippen molar-refractivity contribution in [2.24, 2.45) is 0 Å². The predicted molar refractivity (Wildman–Crippen MR) is 134 cm³/mol. The molecular formula is C28H28O2P+. The molecule has 0 aliphatic heterocycles. The van der Waals surface area contributed by atoms with E-state index in [1.54, 1.807) is 6.92 Å². The monoisotopic (exact) mass is 427 g/mol. The van der Waals surface area contributed by atoms with E-state index >= 15 is 0 Å². The molecule has 0 saturated carbocycles. The summed E-state index contributed by atoms with van der Waals surface area (Å²) in [6.45, 7) is 3.95. The van der Waals surface area contributed by atoms with Crippen molar-refractivity contribution in [2.45, 2.75) is 13.8 Å².